The third-order valence-corrected chi connectivity index (χ3v) is 9.16. The van der Waals surface area contributed by atoms with Gasteiger partial charge in [-0.3, -0.25) is 0 Å². The number of carbonyl (C=O) groups excluding carboxylic acids is 1. The van der Waals surface area contributed by atoms with Crippen LogP contribution in [0, 0.1) is 0 Å². The number of ether oxygens (including phenoxy) is 3. The van der Waals surface area contributed by atoms with E-state index in [1.54, 1.807) is 0 Å². The molecule has 0 aliphatic carbocycles. The highest BCUT2D eigenvalue weighted by atomic mass is 16.6. The molecule has 2 N–H and O–H groups in total. The van der Waals surface area contributed by atoms with Crippen LogP contribution in [0.1, 0.15) is 149 Å². The van der Waals surface area contributed by atoms with Crippen molar-refractivity contribution in [3.63, 3.8) is 0 Å². The normalized spacial score (nSPS) is 28.0. The summed E-state index contributed by atoms with van der Waals surface area (Å²) < 4.78 is 17.7. The van der Waals surface area contributed by atoms with Gasteiger partial charge in [0.2, 0.25) is 0 Å². The summed E-state index contributed by atoms with van der Waals surface area (Å²) in [6.45, 7) is 4.14. The SMILES string of the molecule is CCCCCCCCCC[C@@H](O)[C@H]1CC[C@H]([C@H]2CC[C@H]([C@H](O)CCCCCCC/C=C/CC3=C[C@H](C)OC3=O)O2)O1. The van der Waals surface area contributed by atoms with Crippen molar-refractivity contribution in [1.82, 2.24) is 0 Å². The Morgan fingerprint density at radius 1 is 0.756 bits per heavy atom. The van der Waals surface area contributed by atoms with E-state index < -0.39 is 6.10 Å². The first kappa shape index (κ1) is 34.3. The highest BCUT2D eigenvalue weighted by Gasteiger charge is 2.40. The molecule has 0 aromatic carbocycles. The molecule has 0 bridgehead atoms. The first-order chi connectivity index (χ1) is 20.0. The topological polar surface area (TPSA) is 85.2 Å². The van der Waals surface area contributed by atoms with Crippen LogP contribution in [0.15, 0.2) is 23.8 Å². The first-order valence-corrected chi connectivity index (χ1v) is 17.2. The van der Waals surface area contributed by atoms with Crippen molar-refractivity contribution < 1.29 is 29.2 Å². The summed E-state index contributed by atoms with van der Waals surface area (Å²) >= 11 is 0. The minimum Gasteiger partial charge on any atom is -0.455 e. The van der Waals surface area contributed by atoms with Crippen LogP contribution in [0.2, 0.25) is 0 Å². The Bertz CT molecular complexity index is 779. The van der Waals surface area contributed by atoms with E-state index in [2.05, 4.69) is 19.1 Å². The van der Waals surface area contributed by atoms with Gasteiger partial charge in [-0.15, -0.1) is 0 Å². The van der Waals surface area contributed by atoms with Crippen molar-refractivity contribution in [3.05, 3.63) is 23.8 Å². The highest BCUT2D eigenvalue weighted by molar-refractivity contribution is 5.91. The molecule has 0 spiro atoms. The Morgan fingerprint density at radius 2 is 1.27 bits per heavy atom. The number of carbonyl (C=O) groups is 1. The first-order valence-electron chi connectivity index (χ1n) is 17.2. The third kappa shape index (κ3) is 12.9. The zero-order valence-electron chi connectivity index (χ0n) is 26.2. The van der Waals surface area contributed by atoms with Gasteiger partial charge in [-0.1, -0.05) is 96.1 Å². The second kappa shape index (κ2) is 19.9. The average molecular weight is 577 g/mol. The van der Waals surface area contributed by atoms with E-state index in [-0.39, 0.29) is 42.6 Å². The summed E-state index contributed by atoms with van der Waals surface area (Å²) in [5, 5.41) is 21.4. The molecule has 7 atom stereocenters. The fraction of sp³-hybridized carbons (Fsp3) is 0.857. The predicted molar refractivity (Wildman–Crippen MR) is 165 cm³/mol. The molecule has 236 valence electrons. The monoisotopic (exact) mass is 576 g/mol. The van der Waals surface area contributed by atoms with Crippen LogP contribution in [0.5, 0.6) is 0 Å². The largest absolute Gasteiger partial charge is 0.455 e. The molecule has 41 heavy (non-hydrogen) atoms. The van der Waals surface area contributed by atoms with E-state index in [1.165, 1.54) is 57.8 Å². The molecule has 0 unspecified atom stereocenters. The lowest BCUT2D eigenvalue weighted by Gasteiger charge is -2.24. The van der Waals surface area contributed by atoms with Crippen molar-refractivity contribution in [2.24, 2.45) is 0 Å². The second-order valence-corrected chi connectivity index (χ2v) is 12.8. The Kier molecular flexibility index (Phi) is 16.6. The maximum absolute atomic E-state index is 11.6. The van der Waals surface area contributed by atoms with Crippen molar-refractivity contribution in [3.8, 4) is 0 Å². The van der Waals surface area contributed by atoms with Crippen molar-refractivity contribution in [2.45, 2.75) is 191 Å². The molecule has 0 saturated carbocycles. The van der Waals surface area contributed by atoms with E-state index in [1.807, 2.05) is 13.0 Å². The number of unbranched alkanes of at least 4 members (excludes halogenated alkanes) is 12. The summed E-state index contributed by atoms with van der Waals surface area (Å²) in [4.78, 5) is 11.6. The summed E-state index contributed by atoms with van der Waals surface area (Å²) in [6.07, 6.45) is 28.3. The number of cyclic esters (lactones) is 1. The predicted octanol–water partition coefficient (Wildman–Crippen LogP) is 7.88. The van der Waals surface area contributed by atoms with Gasteiger partial charge in [0.15, 0.2) is 0 Å². The van der Waals surface area contributed by atoms with Gasteiger partial charge in [0.05, 0.1) is 36.6 Å². The maximum atomic E-state index is 11.6. The molecule has 3 aliphatic heterocycles. The van der Waals surface area contributed by atoms with E-state index in [4.69, 9.17) is 14.2 Å². The van der Waals surface area contributed by atoms with Gasteiger partial charge in [0, 0.05) is 5.57 Å². The van der Waals surface area contributed by atoms with Crippen LogP contribution in [0.25, 0.3) is 0 Å². The number of hydrogen-bond donors (Lipinski definition) is 2. The van der Waals surface area contributed by atoms with Gasteiger partial charge in [-0.05, 0) is 70.8 Å². The molecule has 0 radical (unpaired) electrons. The van der Waals surface area contributed by atoms with Gasteiger partial charge >= 0.3 is 5.97 Å². The average Bonchev–Trinajstić information content (AvgIpc) is 3.71. The molecule has 2 saturated heterocycles. The zero-order chi connectivity index (χ0) is 29.3. The van der Waals surface area contributed by atoms with Crippen molar-refractivity contribution in [1.29, 1.82) is 0 Å². The van der Waals surface area contributed by atoms with Crippen molar-refractivity contribution >= 4 is 5.97 Å². The van der Waals surface area contributed by atoms with Crippen LogP contribution < -0.4 is 0 Å². The van der Waals surface area contributed by atoms with E-state index in [0.717, 1.165) is 76.2 Å². The van der Waals surface area contributed by atoms with Gasteiger partial charge in [-0.2, -0.15) is 0 Å². The fourth-order valence-electron chi connectivity index (χ4n) is 6.61. The lowest BCUT2D eigenvalue weighted by molar-refractivity contribution is -0.139. The summed E-state index contributed by atoms with van der Waals surface area (Å²) in [6, 6.07) is 0. The van der Waals surface area contributed by atoms with Crippen LogP contribution in [0.3, 0.4) is 0 Å². The quantitative estimate of drug-likeness (QED) is 0.0775. The minimum atomic E-state index is -0.396. The number of aliphatic hydroxyl groups is 2. The molecule has 6 nitrogen and oxygen atoms in total. The molecular weight excluding hydrogens is 516 g/mol. The van der Waals surface area contributed by atoms with Gasteiger partial charge in [0.25, 0.3) is 0 Å². The molecule has 6 heteroatoms. The fourth-order valence-corrected chi connectivity index (χ4v) is 6.61. The van der Waals surface area contributed by atoms with E-state index >= 15 is 0 Å². The highest BCUT2D eigenvalue weighted by Crippen LogP contribution is 2.34. The second-order valence-electron chi connectivity index (χ2n) is 12.8. The summed E-state index contributed by atoms with van der Waals surface area (Å²) in [5.41, 5.74) is 0.771. The van der Waals surface area contributed by atoms with E-state index in [9.17, 15) is 15.0 Å². The van der Waals surface area contributed by atoms with Crippen LogP contribution >= 0.6 is 0 Å². The Morgan fingerprint density at radius 3 is 1.78 bits per heavy atom. The van der Waals surface area contributed by atoms with E-state index in [0.29, 0.717) is 6.42 Å². The summed E-state index contributed by atoms with van der Waals surface area (Å²) in [5.74, 6) is -0.178. The van der Waals surface area contributed by atoms with Crippen LogP contribution in [-0.2, 0) is 19.0 Å². The summed E-state index contributed by atoms with van der Waals surface area (Å²) in [7, 11) is 0. The standard InChI is InChI=1S/C35H60O6/c1-3-4-5-6-7-11-14-17-20-29(36)31-22-24-33(40-31)34-25-23-32(41-34)30(37)21-18-15-12-9-8-10-13-16-19-28-26-27(2)39-35(28)38/h13,16,26-27,29-34,36-37H,3-12,14-15,17-25H2,1-2H3/b16-13+/t27-,29+,30+,31+,32+,33+,34+/m0/s1. The Hall–Kier alpha value is -1.21. The molecule has 0 aromatic heterocycles. The third-order valence-electron chi connectivity index (χ3n) is 9.16. The molecule has 2 fully saturated rings. The number of allylic oxidation sites excluding steroid dienone is 2. The number of hydrogen-bond acceptors (Lipinski definition) is 6. The Labute approximate surface area is 250 Å². The number of aliphatic hydroxyl groups excluding tert-OH is 2. The molecule has 0 amide bonds. The Balaban J connectivity index is 1.16. The minimum absolute atomic E-state index is 0.0556. The lowest BCUT2D eigenvalue weighted by atomic mass is 10.0. The molecule has 0 aromatic rings. The maximum Gasteiger partial charge on any atom is 0.334 e. The molecule has 3 heterocycles. The number of esters is 1. The molecule has 3 aliphatic rings. The van der Waals surface area contributed by atoms with Crippen LogP contribution in [0.4, 0.5) is 0 Å². The molecular formula is C35H60O6. The number of rotatable bonds is 22. The smallest absolute Gasteiger partial charge is 0.334 e. The van der Waals surface area contributed by atoms with Gasteiger partial charge in [-0.25, -0.2) is 4.79 Å². The van der Waals surface area contributed by atoms with Gasteiger partial charge < -0.3 is 24.4 Å². The van der Waals surface area contributed by atoms with Crippen molar-refractivity contribution in [2.75, 3.05) is 0 Å². The zero-order valence-corrected chi connectivity index (χ0v) is 26.2. The van der Waals surface area contributed by atoms with Crippen LogP contribution in [-0.4, -0.2) is 58.9 Å². The van der Waals surface area contributed by atoms with Gasteiger partial charge in [0.1, 0.15) is 6.10 Å². The lowest BCUT2D eigenvalue weighted by Crippen LogP contribution is -2.33. The molecule has 3 rings (SSSR count).